The van der Waals surface area contributed by atoms with Crippen LogP contribution in [0.1, 0.15) is 36.2 Å². The minimum absolute atomic E-state index is 0.0154. The highest BCUT2D eigenvalue weighted by Gasteiger charge is 2.24. The number of aromatic nitrogens is 1. The van der Waals surface area contributed by atoms with E-state index in [9.17, 15) is 9.90 Å². The predicted octanol–water partition coefficient (Wildman–Crippen LogP) is 3.14. The first-order valence-electron chi connectivity index (χ1n) is 6.89. The number of aliphatic hydroxyl groups excluding tert-OH is 1. The van der Waals surface area contributed by atoms with E-state index < -0.39 is 5.97 Å². The summed E-state index contributed by atoms with van der Waals surface area (Å²) in [5.74, 6) is -0.466. The molecule has 1 aromatic heterocycles. The topological polar surface area (TPSA) is 71.5 Å². The van der Waals surface area contributed by atoms with E-state index in [0.29, 0.717) is 12.2 Å². The average molecular weight is 333 g/mol. The van der Waals surface area contributed by atoms with Crippen molar-refractivity contribution >= 4 is 34.9 Å². The zero-order valence-corrected chi connectivity index (χ0v) is 13.2. The molecule has 1 aromatic rings. The Morgan fingerprint density at radius 3 is 2.86 bits per heavy atom. The Bertz CT molecular complexity index is 525. The summed E-state index contributed by atoms with van der Waals surface area (Å²) in [6.07, 6.45) is 3.66. The van der Waals surface area contributed by atoms with E-state index >= 15 is 0 Å². The molecule has 21 heavy (non-hydrogen) atoms. The molecule has 1 fully saturated rings. The van der Waals surface area contributed by atoms with Crippen LogP contribution < -0.4 is 5.32 Å². The maximum absolute atomic E-state index is 11.6. The average Bonchev–Trinajstić information content (AvgIpc) is 2.48. The highest BCUT2D eigenvalue weighted by Crippen LogP contribution is 2.30. The van der Waals surface area contributed by atoms with Crippen molar-refractivity contribution in [3.05, 3.63) is 21.9 Å². The number of anilines is 1. The van der Waals surface area contributed by atoms with Crippen LogP contribution in [0, 0.1) is 5.92 Å². The van der Waals surface area contributed by atoms with Gasteiger partial charge in [-0.05, 0) is 12.8 Å². The Balaban J connectivity index is 2.12. The quantitative estimate of drug-likeness (QED) is 0.654. The molecule has 116 valence electrons. The van der Waals surface area contributed by atoms with Crippen molar-refractivity contribution < 1.29 is 14.6 Å². The van der Waals surface area contributed by atoms with Crippen LogP contribution in [-0.4, -0.2) is 35.8 Å². The molecule has 0 spiro atoms. The summed E-state index contributed by atoms with van der Waals surface area (Å²) >= 11 is 12.1. The van der Waals surface area contributed by atoms with Gasteiger partial charge in [0.1, 0.15) is 5.15 Å². The van der Waals surface area contributed by atoms with E-state index in [1.165, 1.54) is 7.11 Å². The van der Waals surface area contributed by atoms with E-state index in [1.807, 2.05) is 0 Å². The van der Waals surface area contributed by atoms with Gasteiger partial charge in [0.2, 0.25) is 0 Å². The largest absolute Gasteiger partial charge is 0.464 e. The minimum Gasteiger partial charge on any atom is -0.464 e. The summed E-state index contributed by atoms with van der Waals surface area (Å²) in [7, 11) is 1.26. The van der Waals surface area contributed by atoms with E-state index in [4.69, 9.17) is 23.2 Å². The molecule has 0 saturated heterocycles. The van der Waals surface area contributed by atoms with Crippen molar-refractivity contribution in [1.29, 1.82) is 0 Å². The normalized spacial score (nSPS) is 21.9. The molecule has 0 radical (unpaired) electrons. The summed E-state index contributed by atoms with van der Waals surface area (Å²) in [5.41, 5.74) is 0.508. The van der Waals surface area contributed by atoms with Gasteiger partial charge in [0.05, 0.1) is 23.9 Å². The van der Waals surface area contributed by atoms with E-state index in [2.05, 4.69) is 15.0 Å². The Morgan fingerprint density at radius 2 is 2.19 bits per heavy atom. The second kappa shape index (κ2) is 7.29. The van der Waals surface area contributed by atoms with Gasteiger partial charge < -0.3 is 15.2 Å². The lowest BCUT2D eigenvalue weighted by atomic mass is 9.86. The van der Waals surface area contributed by atoms with Crippen molar-refractivity contribution in [2.75, 3.05) is 19.0 Å². The molecule has 7 heteroatoms. The molecule has 2 atom stereocenters. The zero-order chi connectivity index (χ0) is 15.4. The first kappa shape index (κ1) is 16.3. The highest BCUT2D eigenvalue weighted by molar-refractivity contribution is 6.37. The molecule has 1 aliphatic carbocycles. The Morgan fingerprint density at radius 1 is 1.48 bits per heavy atom. The minimum atomic E-state index is -0.636. The van der Waals surface area contributed by atoms with Crippen LogP contribution in [0.2, 0.25) is 10.2 Å². The van der Waals surface area contributed by atoms with Crippen LogP contribution in [0.5, 0.6) is 0 Å². The third kappa shape index (κ3) is 3.99. The fourth-order valence-electron chi connectivity index (χ4n) is 2.53. The van der Waals surface area contributed by atoms with Gasteiger partial charge in [-0.15, -0.1) is 0 Å². The number of methoxy groups -OCH3 is 1. The Hall–Kier alpha value is -1.04. The number of carbonyl (C=O) groups excluding carboxylic acids is 1. The van der Waals surface area contributed by atoms with Gasteiger partial charge in [0.25, 0.3) is 0 Å². The van der Waals surface area contributed by atoms with Crippen LogP contribution in [0.3, 0.4) is 0 Å². The lowest BCUT2D eigenvalue weighted by molar-refractivity contribution is 0.0594. The molecule has 0 bridgehead atoms. The maximum Gasteiger partial charge on any atom is 0.358 e. The number of hydrogen-bond donors (Lipinski definition) is 2. The van der Waals surface area contributed by atoms with Crippen molar-refractivity contribution in [2.45, 2.75) is 31.8 Å². The first-order valence-corrected chi connectivity index (χ1v) is 7.64. The number of pyridine rings is 1. The number of nitrogens with zero attached hydrogens (tertiary/aromatic N) is 1. The van der Waals surface area contributed by atoms with Gasteiger partial charge in [0, 0.05) is 18.5 Å². The second-order valence-electron chi connectivity index (χ2n) is 5.14. The SMILES string of the molecule is COC(=O)c1nc(Cl)cc(NCC2CCCCC2O)c1Cl. The van der Waals surface area contributed by atoms with Gasteiger partial charge in [-0.3, -0.25) is 0 Å². The number of rotatable bonds is 4. The van der Waals surface area contributed by atoms with Gasteiger partial charge in [-0.1, -0.05) is 36.0 Å². The van der Waals surface area contributed by atoms with Crippen LogP contribution in [0.4, 0.5) is 5.69 Å². The number of hydrogen-bond acceptors (Lipinski definition) is 5. The molecule has 0 aromatic carbocycles. The van der Waals surface area contributed by atoms with Crippen molar-refractivity contribution in [3.63, 3.8) is 0 Å². The van der Waals surface area contributed by atoms with Crippen molar-refractivity contribution in [3.8, 4) is 0 Å². The molecule has 1 heterocycles. The second-order valence-corrected chi connectivity index (χ2v) is 5.90. The van der Waals surface area contributed by atoms with Crippen LogP contribution in [0.25, 0.3) is 0 Å². The summed E-state index contributed by atoms with van der Waals surface area (Å²) < 4.78 is 4.63. The van der Waals surface area contributed by atoms with Gasteiger partial charge in [-0.2, -0.15) is 0 Å². The van der Waals surface area contributed by atoms with Crippen LogP contribution >= 0.6 is 23.2 Å². The molecule has 5 nitrogen and oxygen atoms in total. The molecule has 2 rings (SSSR count). The molecule has 0 amide bonds. The Labute approximate surface area is 133 Å². The number of ether oxygens (including phenoxy) is 1. The standard InChI is InChI=1S/C14H18Cl2N2O3/c1-21-14(20)13-12(16)9(6-11(15)18-13)17-7-8-4-2-3-5-10(8)19/h6,8,10,19H,2-5,7H2,1H3,(H,17,18). The number of nitrogens with one attached hydrogen (secondary N) is 1. The summed E-state index contributed by atoms with van der Waals surface area (Å²) in [6, 6.07) is 1.56. The van der Waals surface area contributed by atoms with E-state index in [-0.39, 0.29) is 27.9 Å². The molecule has 1 saturated carbocycles. The number of aliphatic hydroxyl groups is 1. The van der Waals surface area contributed by atoms with Gasteiger partial charge >= 0.3 is 5.97 Å². The third-order valence-corrected chi connectivity index (χ3v) is 4.31. The molecule has 0 aliphatic heterocycles. The fraction of sp³-hybridized carbons (Fsp3) is 0.571. The molecule has 1 aliphatic rings. The lowest BCUT2D eigenvalue weighted by Gasteiger charge is -2.28. The van der Waals surface area contributed by atoms with E-state index in [0.717, 1.165) is 25.7 Å². The highest BCUT2D eigenvalue weighted by atomic mass is 35.5. The molecular formula is C14H18Cl2N2O3. The number of halogens is 2. The van der Waals surface area contributed by atoms with E-state index in [1.54, 1.807) is 6.07 Å². The predicted molar refractivity (Wildman–Crippen MR) is 82.1 cm³/mol. The summed E-state index contributed by atoms with van der Waals surface area (Å²) in [4.78, 5) is 15.5. The Kier molecular flexibility index (Phi) is 5.67. The fourth-order valence-corrected chi connectivity index (χ4v) is 2.96. The summed E-state index contributed by atoms with van der Waals surface area (Å²) in [6.45, 7) is 0.571. The smallest absolute Gasteiger partial charge is 0.358 e. The first-order chi connectivity index (χ1) is 10.0. The van der Waals surface area contributed by atoms with Gasteiger partial charge in [-0.25, -0.2) is 9.78 Å². The third-order valence-electron chi connectivity index (χ3n) is 3.73. The van der Waals surface area contributed by atoms with Crippen molar-refractivity contribution in [2.24, 2.45) is 5.92 Å². The zero-order valence-electron chi connectivity index (χ0n) is 11.7. The molecular weight excluding hydrogens is 315 g/mol. The molecule has 2 unspecified atom stereocenters. The maximum atomic E-state index is 11.6. The van der Waals surface area contributed by atoms with Crippen molar-refractivity contribution in [1.82, 2.24) is 4.98 Å². The van der Waals surface area contributed by atoms with Crippen LogP contribution in [-0.2, 0) is 4.74 Å². The number of esters is 1. The van der Waals surface area contributed by atoms with Crippen LogP contribution in [0.15, 0.2) is 6.07 Å². The number of carbonyl (C=O) groups is 1. The summed E-state index contributed by atoms with van der Waals surface area (Å²) in [5, 5.41) is 13.5. The lowest BCUT2D eigenvalue weighted by Crippen LogP contribution is -2.30. The molecule has 2 N–H and O–H groups in total. The monoisotopic (exact) mass is 332 g/mol. The van der Waals surface area contributed by atoms with Gasteiger partial charge in [0.15, 0.2) is 5.69 Å².